The molecule has 0 spiro atoms. The standard InChI is InChI=1S/C23H23N3O2/c1-26-10-8-15(9-11-26)22-18-13-17(24-14-27)6-7-21(18)28-23(22)20-12-16-4-2-3-5-19(16)25-20/h2-7,12-15,25H,8-11H2,1H3,(H,24,27). The number of amides is 1. The van der Waals surface area contributed by atoms with E-state index in [-0.39, 0.29) is 0 Å². The second-order valence-corrected chi connectivity index (χ2v) is 7.67. The van der Waals surface area contributed by atoms with Crippen molar-refractivity contribution in [2.45, 2.75) is 18.8 Å². The molecule has 0 radical (unpaired) electrons. The van der Waals surface area contributed by atoms with E-state index in [0.717, 1.165) is 66.0 Å². The zero-order valence-electron chi connectivity index (χ0n) is 15.9. The van der Waals surface area contributed by atoms with Crippen LogP contribution in [0.25, 0.3) is 33.3 Å². The first-order valence-electron chi connectivity index (χ1n) is 9.76. The molecule has 1 aliphatic rings. The highest BCUT2D eigenvalue weighted by Gasteiger charge is 2.27. The zero-order valence-corrected chi connectivity index (χ0v) is 15.9. The van der Waals surface area contributed by atoms with Crippen molar-refractivity contribution in [2.24, 2.45) is 0 Å². The van der Waals surface area contributed by atoms with Crippen LogP contribution in [0, 0.1) is 0 Å². The number of piperidine rings is 1. The number of H-pyrrole nitrogens is 1. The van der Waals surface area contributed by atoms with Crippen LogP contribution in [0.2, 0.25) is 0 Å². The predicted molar refractivity (Wildman–Crippen MR) is 113 cm³/mol. The smallest absolute Gasteiger partial charge is 0.211 e. The summed E-state index contributed by atoms with van der Waals surface area (Å²) in [5.41, 5.74) is 5.02. The molecule has 0 bridgehead atoms. The molecule has 0 saturated carbocycles. The molecular formula is C23H23N3O2. The van der Waals surface area contributed by atoms with Crippen LogP contribution in [-0.2, 0) is 4.79 Å². The van der Waals surface area contributed by atoms with Crippen molar-refractivity contribution in [3.8, 4) is 11.5 Å². The van der Waals surface area contributed by atoms with E-state index >= 15 is 0 Å². The van der Waals surface area contributed by atoms with E-state index < -0.39 is 0 Å². The molecule has 28 heavy (non-hydrogen) atoms. The third-order valence-electron chi connectivity index (χ3n) is 5.85. The Labute approximate surface area is 163 Å². The van der Waals surface area contributed by atoms with Crippen LogP contribution in [-0.4, -0.2) is 36.4 Å². The number of nitrogens with zero attached hydrogens (tertiary/aromatic N) is 1. The third-order valence-corrected chi connectivity index (χ3v) is 5.85. The molecule has 1 aliphatic heterocycles. The number of carbonyl (C=O) groups is 1. The van der Waals surface area contributed by atoms with Crippen molar-refractivity contribution < 1.29 is 9.21 Å². The van der Waals surface area contributed by atoms with Gasteiger partial charge in [-0.3, -0.25) is 4.79 Å². The van der Waals surface area contributed by atoms with E-state index in [1.54, 1.807) is 0 Å². The lowest BCUT2D eigenvalue weighted by atomic mass is 9.87. The van der Waals surface area contributed by atoms with Gasteiger partial charge >= 0.3 is 0 Å². The first kappa shape index (κ1) is 17.1. The van der Waals surface area contributed by atoms with Gasteiger partial charge in [-0.25, -0.2) is 0 Å². The Hall–Kier alpha value is -3.05. The van der Waals surface area contributed by atoms with Crippen LogP contribution < -0.4 is 5.32 Å². The summed E-state index contributed by atoms with van der Waals surface area (Å²) in [6, 6.07) is 16.3. The Morgan fingerprint density at radius 2 is 1.96 bits per heavy atom. The fourth-order valence-corrected chi connectivity index (χ4v) is 4.37. The number of aromatic nitrogens is 1. The number of anilines is 1. The number of para-hydroxylation sites is 1. The molecule has 2 aromatic carbocycles. The molecule has 5 rings (SSSR count). The molecule has 2 aromatic heterocycles. The van der Waals surface area contributed by atoms with E-state index in [2.05, 4.69) is 40.4 Å². The molecule has 5 nitrogen and oxygen atoms in total. The van der Waals surface area contributed by atoms with Crippen LogP contribution in [0.3, 0.4) is 0 Å². The second-order valence-electron chi connectivity index (χ2n) is 7.67. The van der Waals surface area contributed by atoms with Gasteiger partial charge in [-0.2, -0.15) is 0 Å². The number of aromatic amines is 1. The normalized spacial score (nSPS) is 16.0. The molecule has 0 aliphatic carbocycles. The second kappa shape index (κ2) is 6.84. The summed E-state index contributed by atoms with van der Waals surface area (Å²) >= 11 is 0. The average Bonchev–Trinajstić information content (AvgIpc) is 3.30. The number of hydrogen-bond acceptors (Lipinski definition) is 3. The number of benzene rings is 2. The molecule has 142 valence electrons. The van der Waals surface area contributed by atoms with Crippen LogP contribution in [0.4, 0.5) is 5.69 Å². The van der Waals surface area contributed by atoms with Crippen molar-refractivity contribution in [1.82, 2.24) is 9.88 Å². The summed E-state index contributed by atoms with van der Waals surface area (Å²) in [7, 11) is 2.18. The van der Waals surface area contributed by atoms with Crippen LogP contribution in [0.15, 0.2) is 52.9 Å². The SMILES string of the molecule is CN1CCC(c2c(-c3cc4ccccc4[nH]3)oc3ccc(NC=O)cc23)CC1. The number of rotatable bonds is 4. The maximum Gasteiger partial charge on any atom is 0.211 e. The van der Waals surface area contributed by atoms with E-state index in [4.69, 9.17) is 4.42 Å². The van der Waals surface area contributed by atoms with Gasteiger partial charge in [-0.15, -0.1) is 0 Å². The molecule has 0 unspecified atom stereocenters. The molecule has 0 atom stereocenters. The minimum atomic E-state index is 0.436. The van der Waals surface area contributed by atoms with Crippen molar-refractivity contribution in [1.29, 1.82) is 0 Å². The minimum absolute atomic E-state index is 0.436. The number of likely N-dealkylation sites (tertiary alicyclic amines) is 1. The number of fused-ring (bicyclic) bond motifs is 2. The monoisotopic (exact) mass is 373 g/mol. The van der Waals surface area contributed by atoms with Crippen molar-refractivity contribution >= 4 is 34.0 Å². The van der Waals surface area contributed by atoms with Gasteiger partial charge in [-0.05, 0) is 69.2 Å². The van der Waals surface area contributed by atoms with Gasteiger partial charge < -0.3 is 19.6 Å². The average molecular weight is 373 g/mol. The van der Waals surface area contributed by atoms with E-state index in [1.165, 1.54) is 10.9 Å². The molecular weight excluding hydrogens is 350 g/mol. The van der Waals surface area contributed by atoms with Crippen LogP contribution in [0.1, 0.15) is 24.3 Å². The van der Waals surface area contributed by atoms with Gasteiger partial charge in [0, 0.05) is 27.5 Å². The molecule has 4 aromatic rings. The lowest BCUT2D eigenvalue weighted by molar-refractivity contribution is -0.105. The highest BCUT2D eigenvalue weighted by atomic mass is 16.3. The summed E-state index contributed by atoms with van der Waals surface area (Å²) in [4.78, 5) is 16.8. The Morgan fingerprint density at radius 1 is 1.14 bits per heavy atom. The maximum atomic E-state index is 10.9. The van der Waals surface area contributed by atoms with Gasteiger partial charge in [0.2, 0.25) is 6.41 Å². The van der Waals surface area contributed by atoms with Gasteiger partial charge in [-0.1, -0.05) is 18.2 Å². The summed E-state index contributed by atoms with van der Waals surface area (Å²) in [5.74, 6) is 1.36. The minimum Gasteiger partial charge on any atom is -0.454 e. The van der Waals surface area contributed by atoms with E-state index in [1.807, 2.05) is 30.3 Å². The lowest BCUT2D eigenvalue weighted by Gasteiger charge is -2.29. The maximum absolute atomic E-state index is 10.9. The first-order valence-corrected chi connectivity index (χ1v) is 9.76. The largest absolute Gasteiger partial charge is 0.454 e. The van der Waals surface area contributed by atoms with Gasteiger partial charge in [0.15, 0.2) is 5.76 Å². The number of hydrogen-bond donors (Lipinski definition) is 2. The highest BCUT2D eigenvalue weighted by Crippen LogP contribution is 2.43. The van der Waals surface area contributed by atoms with Gasteiger partial charge in [0.1, 0.15) is 5.58 Å². The molecule has 1 amide bonds. The fraction of sp³-hybridized carbons (Fsp3) is 0.261. The molecule has 1 saturated heterocycles. The van der Waals surface area contributed by atoms with Gasteiger partial charge in [0.05, 0.1) is 5.69 Å². The van der Waals surface area contributed by atoms with E-state index in [0.29, 0.717) is 5.92 Å². The topological polar surface area (TPSA) is 61.3 Å². The molecule has 5 heteroatoms. The van der Waals surface area contributed by atoms with Crippen LogP contribution in [0.5, 0.6) is 0 Å². The third kappa shape index (κ3) is 2.88. The summed E-state index contributed by atoms with van der Waals surface area (Å²) in [6.07, 6.45) is 2.92. The van der Waals surface area contributed by atoms with Crippen molar-refractivity contribution in [2.75, 3.05) is 25.5 Å². The van der Waals surface area contributed by atoms with Crippen molar-refractivity contribution in [3.05, 3.63) is 54.1 Å². The predicted octanol–water partition coefficient (Wildman–Crippen LogP) is 4.96. The summed E-state index contributed by atoms with van der Waals surface area (Å²) < 4.78 is 6.37. The number of carbonyl (C=O) groups excluding carboxylic acids is 1. The lowest BCUT2D eigenvalue weighted by Crippen LogP contribution is -2.29. The Morgan fingerprint density at radius 3 is 2.75 bits per heavy atom. The van der Waals surface area contributed by atoms with Gasteiger partial charge in [0.25, 0.3) is 0 Å². The first-order chi connectivity index (χ1) is 13.7. The van der Waals surface area contributed by atoms with Crippen LogP contribution >= 0.6 is 0 Å². The Balaban J connectivity index is 1.70. The summed E-state index contributed by atoms with van der Waals surface area (Å²) in [6.45, 7) is 2.16. The quantitative estimate of drug-likeness (QED) is 0.497. The Bertz CT molecular complexity index is 1120. The van der Waals surface area contributed by atoms with Crippen molar-refractivity contribution in [3.63, 3.8) is 0 Å². The number of furan rings is 1. The molecule has 1 fully saturated rings. The number of nitrogens with one attached hydrogen (secondary N) is 2. The molecule has 3 heterocycles. The van der Waals surface area contributed by atoms with E-state index in [9.17, 15) is 4.79 Å². The highest BCUT2D eigenvalue weighted by molar-refractivity contribution is 5.94. The zero-order chi connectivity index (χ0) is 19.1. The molecule has 2 N–H and O–H groups in total. The Kier molecular flexibility index (Phi) is 4.17. The summed E-state index contributed by atoms with van der Waals surface area (Å²) in [5, 5.41) is 5.04. The fourth-order valence-electron chi connectivity index (χ4n) is 4.37.